The fourth-order valence-electron chi connectivity index (χ4n) is 4.14. The summed E-state index contributed by atoms with van der Waals surface area (Å²) in [5, 5.41) is 10.00. The average molecular weight is 503 g/mol. The smallest absolute Gasteiger partial charge is 0.418 e. The fraction of sp³-hybridized carbons (Fsp3) is 0.320. The Labute approximate surface area is 205 Å². The molecule has 1 fully saturated rings. The number of nitrogens with zero attached hydrogens (tertiary/aromatic N) is 3. The first kappa shape index (κ1) is 24.8. The first-order chi connectivity index (χ1) is 16.6. The molecule has 3 aromatic rings. The second-order valence-electron chi connectivity index (χ2n) is 8.56. The molecule has 2 atom stereocenters. The Hall–Kier alpha value is -3.27. The molecule has 0 bridgehead atoms. The van der Waals surface area contributed by atoms with Crippen LogP contribution in [0.2, 0.25) is 0 Å². The number of hydrogen-bond donors (Lipinski definition) is 2. The number of carboxylic acid groups (broad SMARTS) is 1. The molecule has 6 nitrogen and oxygen atoms in total. The van der Waals surface area contributed by atoms with Crippen LogP contribution in [0, 0.1) is 12.8 Å². The molecular formula is C25H25F3N4O2S. The van der Waals surface area contributed by atoms with Crippen LogP contribution in [0.25, 0.3) is 11.3 Å². The van der Waals surface area contributed by atoms with Gasteiger partial charge in [0.15, 0.2) is 0 Å². The number of hydrogen-bond acceptors (Lipinski definition) is 6. The van der Waals surface area contributed by atoms with E-state index in [-0.39, 0.29) is 17.6 Å². The third kappa shape index (κ3) is 5.70. The second kappa shape index (κ2) is 10.2. The number of alkyl halides is 3. The van der Waals surface area contributed by atoms with E-state index in [1.54, 1.807) is 37.3 Å². The number of benzene rings is 1. The van der Waals surface area contributed by atoms with Gasteiger partial charge in [-0.25, -0.2) is 9.97 Å². The molecule has 2 aromatic heterocycles. The lowest BCUT2D eigenvalue weighted by Crippen LogP contribution is -2.44. The van der Waals surface area contributed by atoms with Crippen LogP contribution in [0.3, 0.4) is 0 Å². The molecule has 35 heavy (non-hydrogen) atoms. The van der Waals surface area contributed by atoms with Gasteiger partial charge in [0.2, 0.25) is 0 Å². The summed E-state index contributed by atoms with van der Waals surface area (Å²) in [5.41, 5.74) is 0.181. The predicted molar refractivity (Wildman–Crippen MR) is 130 cm³/mol. The van der Waals surface area contributed by atoms with Crippen molar-refractivity contribution in [3.8, 4) is 11.3 Å². The van der Waals surface area contributed by atoms with Crippen molar-refractivity contribution in [2.24, 2.45) is 5.92 Å². The number of carboxylic acids is 1. The van der Waals surface area contributed by atoms with Crippen molar-refractivity contribution in [2.45, 2.75) is 43.9 Å². The van der Waals surface area contributed by atoms with E-state index in [9.17, 15) is 23.1 Å². The maximum Gasteiger partial charge on any atom is 0.418 e. The van der Waals surface area contributed by atoms with Gasteiger partial charge in [-0.1, -0.05) is 30.3 Å². The lowest BCUT2D eigenvalue weighted by atomic mass is 9.93. The Morgan fingerprint density at radius 2 is 1.86 bits per heavy atom. The summed E-state index contributed by atoms with van der Waals surface area (Å²) in [6.45, 7) is 4.17. The quantitative estimate of drug-likeness (QED) is 0.384. The van der Waals surface area contributed by atoms with E-state index < -0.39 is 23.6 Å². The van der Waals surface area contributed by atoms with Crippen molar-refractivity contribution in [3.63, 3.8) is 0 Å². The minimum Gasteiger partial charge on any atom is -0.481 e. The van der Waals surface area contributed by atoms with Crippen LogP contribution in [0.15, 0.2) is 59.6 Å². The Morgan fingerprint density at radius 1 is 1.09 bits per heavy atom. The highest BCUT2D eigenvalue weighted by Gasteiger charge is 2.35. The highest BCUT2D eigenvalue weighted by molar-refractivity contribution is 8.00. The van der Waals surface area contributed by atoms with Crippen LogP contribution in [-0.4, -0.2) is 33.6 Å². The van der Waals surface area contributed by atoms with Gasteiger partial charge < -0.3 is 14.7 Å². The maximum absolute atomic E-state index is 13.7. The molecule has 2 unspecified atom stereocenters. The summed E-state index contributed by atoms with van der Waals surface area (Å²) in [6.07, 6.45) is -3.15. The molecule has 3 heterocycles. The van der Waals surface area contributed by atoms with Crippen LogP contribution in [0.1, 0.15) is 30.9 Å². The Morgan fingerprint density at radius 3 is 2.57 bits per heavy atom. The van der Waals surface area contributed by atoms with Gasteiger partial charge in [0.05, 0.1) is 17.2 Å². The zero-order valence-electron chi connectivity index (χ0n) is 19.2. The number of aromatic nitrogens is 2. The number of nitrogens with one attached hydrogen (secondary N) is 1. The van der Waals surface area contributed by atoms with Crippen LogP contribution in [0.5, 0.6) is 0 Å². The molecule has 1 aliphatic heterocycles. The van der Waals surface area contributed by atoms with Gasteiger partial charge in [-0.05, 0) is 56.5 Å². The number of aryl methyl sites for hydroxylation is 1. The van der Waals surface area contributed by atoms with E-state index in [4.69, 9.17) is 0 Å². The maximum atomic E-state index is 13.7. The zero-order chi connectivity index (χ0) is 25.2. The van der Waals surface area contributed by atoms with Crippen molar-refractivity contribution < 1.29 is 23.1 Å². The third-order valence-electron chi connectivity index (χ3n) is 6.10. The van der Waals surface area contributed by atoms with E-state index in [1.807, 2.05) is 24.0 Å². The molecule has 4 rings (SSSR count). The van der Waals surface area contributed by atoms with Crippen LogP contribution < -0.4 is 9.62 Å². The lowest BCUT2D eigenvalue weighted by Gasteiger charge is -2.37. The zero-order valence-corrected chi connectivity index (χ0v) is 20.0. The summed E-state index contributed by atoms with van der Waals surface area (Å²) < 4.78 is 44.0. The second-order valence-corrected chi connectivity index (χ2v) is 9.38. The molecule has 184 valence electrons. The number of anilines is 2. The summed E-state index contributed by atoms with van der Waals surface area (Å²) >= 11 is 1.13. The SMILES string of the molecule is Cc1ccccc1-c1nc(NSc2cccc(N3CC(C(=O)O)CCC3C)n2)ccc1C(F)(F)F. The van der Waals surface area contributed by atoms with Gasteiger partial charge >= 0.3 is 12.1 Å². The number of piperidine rings is 1. The minimum atomic E-state index is -4.54. The highest BCUT2D eigenvalue weighted by atomic mass is 32.2. The fourth-order valence-corrected chi connectivity index (χ4v) is 4.75. The number of aliphatic carboxylic acids is 1. The Balaban J connectivity index is 1.56. The van der Waals surface area contributed by atoms with E-state index in [0.717, 1.165) is 24.4 Å². The van der Waals surface area contributed by atoms with Crippen molar-refractivity contribution in [1.29, 1.82) is 0 Å². The van der Waals surface area contributed by atoms with E-state index >= 15 is 0 Å². The molecule has 1 aliphatic rings. The normalized spacial score (nSPS) is 18.4. The largest absolute Gasteiger partial charge is 0.481 e. The topological polar surface area (TPSA) is 78.4 Å². The number of carbonyl (C=O) groups is 1. The summed E-state index contributed by atoms with van der Waals surface area (Å²) in [7, 11) is 0. The predicted octanol–water partition coefficient (Wildman–Crippen LogP) is 6.28. The van der Waals surface area contributed by atoms with Gasteiger partial charge in [-0.2, -0.15) is 13.2 Å². The van der Waals surface area contributed by atoms with Gasteiger partial charge in [0, 0.05) is 30.1 Å². The van der Waals surface area contributed by atoms with Crippen molar-refractivity contribution in [3.05, 3.63) is 65.7 Å². The van der Waals surface area contributed by atoms with Crippen LogP contribution >= 0.6 is 11.9 Å². The summed E-state index contributed by atoms with van der Waals surface area (Å²) in [4.78, 5) is 22.4. The lowest BCUT2D eigenvalue weighted by molar-refractivity contribution is -0.142. The summed E-state index contributed by atoms with van der Waals surface area (Å²) in [6, 6.07) is 14.7. The van der Waals surface area contributed by atoms with E-state index in [1.165, 1.54) is 6.07 Å². The van der Waals surface area contributed by atoms with Gasteiger partial charge in [-0.15, -0.1) is 0 Å². The van der Waals surface area contributed by atoms with Crippen LogP contribution in [-0.2, 0) is 11.0 Å². The molecule has 1 aromatic carbocycles. The molecule has 0 aliphatic carbocycles. The van der Waals surface area contributed by atoms with Crippen molar-refractivity contribution in [2.75, 3.05) is 16.2 Å². The molecule has 0 radical (unpaired) electrons. The average Bonchev–Trinajstić information content (AvgIpc) is 2.82. The standard InChI is InChI=1S/C25H25F3N4O2S/c1-15-6-3-4-7-18(15)23-19(25(26,27)28)12-13-20(29-23)31-35-22-9-5-8-21(30-22)32-14-17(24(33)34)11-10-16(32)2/h3-9,12-13,16-17H,10-11,14H2,1-2H3,(H,29,31)(H,33,34). The summed E-state index contributed by atoms with van der Waals surface area (Å²) in [5.74, 6) is -0.326. The molecule has 0 amide bonds. The van der Waals surface area contributed by atoms with E-state index in [2.05, 4.69) is 14.7 Å². The third-order valence-corrected chi connectivity index (χ3v) is 6.84. The number of pyridine rings is 2. The minimum absolute atomic E-state index is 0.134. The van der Waals surface area contributed by atoms with Gasteiger partial charge in [0.1, 0.15) is 16.7 Å². The van der Waals surface area contributed by atoms with E-state index in [0.29, 0.717) is 34.9 Å². The first-order valence-corrected chi connectivity index (χ1v) is 12.0. The molecule has 0 spiro atoms. The Bertz CT molecular complexity index is 1220. The number of rotatable bonds is 6. The molecule has 2 N–H and O–H groups in total. The van der Waals surface area contributed by atoms with Crippen molar-refractivity contribution >= 4 is 29.6 Å². The van der Waals surface area contributed by atoms with Crippen LogP contribution in [0.4, 0.5) is 24.8 Å². The monoisotopic (exact) mass is 502 g/mol. The molecule has 0 saturated carbocycles. The molecular weight excluding hydrogens is 477 g/mol. The molecule has 1 saturated heterocycles. The van der Waals surface area contributed by atoms with Crippen molar-refractivity contribution in [1.82, 2.24) is 9.97 Å². The highest BCUT2D eigenvalue weighted by Crippen LogP contribution is 2.38. The Kier molecular flexibility index (Phi) is 7.20. The first-order valence-electron chi connectivity index (χ1n) is 11.2. The molecule has 10 heteroatoms. The number of halogens is 3. The van der Waals surface area contributed by atoms with Gasteiger partial charge in [-0.3, -0.25) is 4.79 Å². The van der Waals surface area contributed by atoms with Gasteiger partial charge in [0.25, 0.3) is 0 Å².